The van der Waals surface area contributed by atoms with E-state index < -0.39 is 12.1 Å². The first-order chi connectivity index (χ1) is 11.1. The minimum absolute atomic E-state index is 0.0623. The van der Waals surface area contributed by atoms with E-state index in [1.165, 1.54) is 11.3 Å². The molecule has 0 spiro atoms. The molecule has 0 aromatic carbocycles. The van der Waals surface area contributed by atoms with Gasteiger partial charge in [0.2, 0.25) is 5.91 Å². The quantitative estimate of drug-likeness (QED) is 0.892. The number of carbonyl (C=O) groups is 2. The van der Waals surface area contributed by atoms with Crippen LogP contribution >= 0.6 is 11.3 Å². The zero-order chi connectivity index (χ0) is 16.2. The lowest BCUT2D eigenvalue weighted by atomic mass is 10.2. The molecule has 0 saturated carbocycles. The molecule has 1 fully saturated rings. The molecule has 1 aliphatic heterocycles. The Bertz CT molecular complexity index is 682. The van der Waals surface area contributed by atoms with Crippen molar-refractivity contribution in [2.45, 2.75) is 18.9 Å². The van der Waals surface area contributed by atoms with Crippen molar-refractivity contribution in [3.63, 3.8) is 0 Å². The summed E-state index contributed by atoms with van der Waals surface area (Å²) in [4.78, 5) is 29.2. The number of thiazole rings is 1. The molecule has 0 unspecified atom stereocenters. The van der Waals surface area contributed by atoms with E-state index in [2.05, 4.69) is 4.98 Å². The monoisotopic (exact) mass is 336 g/mol. The number of carboxylic acid groups (broad SMARTS) is 1. The van der Waals surface area contributed by atoms with Crippen LogP contribution in [0.15, 0.2) is 28.4 Å². The maximum absolute atomic E-state index is 12.4. The van der Waals surface area contributed by atoms with Crippen LogP contribution in [0.4, 0.5) is 0 Å². The topological polar surface area (TPSA) is 92.9 Å². The molecular formula is C15H16N2O5S. The lowest BCUT2D eigenvalue weighted by Gasteiger charge is -2.32. The Morgan fingerprint density at radius 2 is 2.35 bits per heavy atom. The molecule has 7 nitrogen and oxygen atoms in total. The van der Waals surface area contributed by atoms with Crippen LogP contribution < -0.4 is 0 Å². The highest BCUT2D eigenvalue weighted by Crippen LogP contribution is 2.24. The lowest BCUT2D eigenvalue weighted by Crippen LogP contribution is -2.46. The third-order valence-corrected chi connectivity index (χ3v) is 4.49. The van der Waals surface area contributed by atoms with Crippen molar-refractivity contribution in [3.8, 4) is 10.6 Å². The second-order valence-electron chi connectivity index (χ2n) is 5.26. The molecule has 0 bridgehead atoms. The molecule has 1 N–H and O–H groups in total. The first-order valence-electron chi connectivity index (χ1n) is 7.20. The number of furan rings is 1. The summed E-state index contributed by atoms with van der Waals surface area (Å²) in [6.07, 6.45) is 2.86. The number of hydrogen-bond acceptors (Lipinski definition) is 6. The van der Waals surface area contributed by atoms with E-state index >= 15 is 0 Å². The van der Waals surface area contributed by atoms with Gasteiger partial charge in [0.25, 0.3) is 0 Å². The first-order valence-corrected chi connectivity index (χ1v) is 8.08. The van der Waals surface area contributed by atoms with Crippen LogP contribution in [0.3, 0.4) is 0 Å². The minimum Gasteiger partial charge on any atom is -0.481 e. The summed E-state index contributed by atoms with van der Waals surface area (Å²) in [5.41, 5.74) is 1.60. The van der Waals surface area contributed by atoms with E-state index in [0.717, 1.165) is 10.6 Å². The highest BCUT2D eigenvalue weighted by atomic mass is 32.1. The average Bonchev–Trinajstić information content (AvgIpc) is 3.17. The Kier molecular flexibility index (Phi) is 4.73. The standard InChI is InChI=1S/C15H16N2O5S/c18-13(17-2-4-22-12(7-17)6-14(19)20)5-11-9-23-15(16-11)10-1-3-21-8-10/h1,3,8-9,12H,2,4-7H2,(H,19,20)/t12-/m1/s1. The van der Waals surface area contributed by atoms with Gasteiger partial charge >= 0.3 is 5.97 Å². The van der Waals surface area contributed by atoms with Crippen LogP contribution in [-0.4, -0.2) is 52.7 Å². The van der Waals surface area contributed by atoms with Crippen LogP contribution in [-0.2, 0) is 20.7 Å². The van der Waals surface area contributed by atoms with Gasteiger partial charge in [-0.05, 0) is 6.07 Å². The normalized spacial score (nSPS) is 18.1. The van der Waals surface area contributed by atoms with E-state index in [4.69, 9.17) is 14.3 Å². The second-order valence-corrected chi connectivity index (χ2v) is 6.12. The van der Waals surface area contributed by atoms with E-state index in [0.29, 0.717) is 25.4 Å². The van der Waals surface area contributed by atoms with Gasteiger partial charge in [0.05, 0.1) is 37.5 Å². The predicted octanol–water partition coefficient (Wildman–Crippen LogP) is 1.65. The number of hydrogen-bond donors (Lipinski definition) is 1. The van der Waals surface area contributed by atoms with Gasteiger partial charge in [-0.3, -0.25) is 9.59 Å². The SMILES string of the molecule is O=C(O)C[C@@H]1CN(C(=O)Cc2csc(-c3ccoc3)n2)CCO1. The van der Waals surface area contributed by atoms with Gasteiger partial charge in [0.1, 0.15) is 11.3 Å². The van der Waals surface area contributed by atoms with Crippen LogP contribution in [0.2, 0.25) is 0 Å². The Morgan fingerprint density at radius 3 is 3.09 bits per heavy atom. The molecule has 1 saturated heterocycles. The predicted molar refractivity (Wildman–Crippen MR) is 82.1 cm³/mol. The van der Waals surface area contributed by atoms with Crippen molar-refractivity contribution in [1.29, 1.82) is 0 Å². The van der Waals surface area contributed by atoms with Crippen molar-refractivity contribution in [2.75, 3.05) is 19.7 Å². The lowest BCUT2D eigenvalue weighted by molar-refractivity contribution is -0.147. The number of aromatic nitrogens is 1. The fourth-order valence-electron chi connectivity index (χ4n) is 2.44. The van der Waals surface area contributed by atoms with Gasteiger partial charge in [0, 0.05) is 24.0 Å². The zero-order valence-electron chi connectivity index (χ0n) is 12.3. The molecule has 8 heteroatoms. The van der Waals surface area contributed by atoms with Crippen molar-refractivity contribution in [2.24, 2.45) is 0 Å². The van der Waals surface area contributed by atoms with Crippen LogP contribution in [0.5, 0.6) is 0 Å². The van der Waals surface area contributed by atoms with Crippen LogP contribution in [0.25, 0.3) is 10.6 Å². The third-order valence-electron chi connectivity index (χ3n) is 3.55. The number of rotatable bonds is 5. The number of amides is 1. The molecule has 2 aromatic rings. The number of morpholine rings is 1. The molecule has 23 heavy (non-hydrogen) atoms. The molecule has 1 amide bonds. The number of carbonyl (C=O) groups excluding carboxylic acids is 1. The van der Waals surface area contributed by atoms with Gasteiger partial charge in [-0.2, -0.15) is 0 Å². The third kappa shape index (κ3) is 3.96. The van der Waals surface area contributed by atoms with Gasteiger partial charge < -0.3 is 19.2 Å². The Labute approximate surface area is 136 Å². The van der Waals surface area contributed by atoms with Gasteiger partial charge in [-0.25, -0.2) is 4.98 Å². The summed E-state index contributed by atoms with van der Waals surface area (Å²) in [6.45, 7) is 1.15. The number of ether oxygens (including phenoxy) is 1. The van der Waals surface area contributed by atoms with Crippen LogP contribution in [0.1, 0.15) is 12.1 Å². The fourth-order valence-corrected chi connectivity index (χ4v) is 3.24. The first kappa shape index (κ1) is 15.7. The van der Waals surface area contributed by atoms with Crippen molar-refractivity contribution in [3.05, 3.63) is 29.7 Å². The largest absolute Gasteiger partial charge is 0.481 e. The molecule has 3 rings (SSSR count). The molecule has 3 heterocycles. The minimum atomic E-state index is -0.923. The maximum Gasteiger partial charge on any atom is 0.306 e. The Balaban J connectivity index is 1.59. The summed E-state index contributed by atoms with van der Waals surface area (Å²) < 4.78 is 10.4. The van der Waals surface area contributed by atoms with Crippen molar-refractivity contribution < 1.29 is 23.8 Å². The summed E-state index contributed by atoms with van der Waals surface area (Å²) in [5.74, 6) is -0.985. The smallest absolute Gasteiger partial charge is 0.306 e. The Hall–Kier alpha value is -2.19. The molecule has 0 radical (unpaired) electrons. The maximum atomic E-state index is 12.4. The summed E-state index contributed by atoms with van der Waals surface area (Å²) in [6, 6.07) is 1.82. The van der Waals surface area contributed by atoms with Gasteiger partial charge in [-0.15, -0.1) is 11.3 Å². The second kappa shape index (κ2) is 6.93. The average molecular weight is 336 g/mol. The van der Waals surface area contributed by atoms with Crippen molar-refractivity contribution >= 4 is 23.2 Å². The van der Waals surface area contributed by atoms with E-state index in [9.17, 15) is 9.59 Å². The van der Waals surface area contributed by atoms with Crippen molar-refractivity contribution in [1.82, 2.24) is 9.88 Å². The van der Waals surface area contributed by atoms with Gasteiger partial charge in [-0.1, -0.05) is 0 Å². The van der Waals surface area contributed by atoms with E-state index in [1.54, 1.807) is 17.4 Å². The van der Waals surface area contributed by atoms with Gasteiger partial charge in [0.15, 0.2) is 0 Å². The summed E-state index contributed by atoms with van der Waals surface area (Å²) in [5, 5.41) is 11.5. The summed E-state index contributed by atoms with van der Waals surface area (Å²) in [7, 11) is 0. The highest BCUT2D eigenvalue weighted by molar-refractivity contribution is 7.13. The Morgan fingerprint density at radius 1 is 1.48 bits per heavy atom. The molecule has 2 aromatic heterocycles. The zero-order valence-corrected chi connectivity index (χ0v) is 13.1. The van der Waals surface area contributed by atoms with E-state index in [-0.39, 0.29) is 18.7 Å². The highest BCUT2D eigenvalue weighted by Gasteiger charge is 2.26. The molecule has 0 aliphatic carbocycles. The van der Waals surface area contributed by atoms with Crippen LogP contribution in [0, 0.1) is 0 Å². The fraction of sp³-hybridized carbons (Fsp3) is 0.400. The number of nitrogens with zero attached hydrogens (tertiary/aromatic N) is 2. The summed E-state index contributed by atoms with van der Waals surface area (Å²) >= 11 is 1.46. The molecule has 1 atom stereocenters. The number of aliphatic carboxylic acids is 1. The molecule has 122 valence electrons. The van der Waals surface area contributed by atoms with E-state index in [1.807, 2.05) is 11.4 Å². The number of carboxylic acids is 1. The molecular weight excluding hydrogens is 320 g/mol. The molecule has 1 aliphatic rings.